The lowest BCUT2D eigenvalue weighted by Crippen LogP contribution is -2.45. The predicted octanol–water partition coefficient (Wildman–Crippen LogP) is 2.92. The van der Waals surface area contributed by atoms with Gasteiger partial charge in [0.25, 0.3) is 15.9 Å². The molecule has 1 fully saturated rings. The van der Waals surface area contributed by atoms with Crippen molar-refractivity contribution in [2.75, 3.05) is 17.8 Å². The van der Waals surface area contributed by atoms with Crippen molar-refractivity contribution in [3.8, 4) is 0 Å². The Balaban J connectivity index is 0.00000280. The van der Waals surface area contributed by atoms with Gasteiger partial charge in [-0.05, 0) is 61.7 Å². The third-order valence-corrected chi connectivity index (χ3v) is 5.97. The van der Waals surface area contributed by atoms with E-state index in [1.165, 1.54) is 36.4 Å². The number of carbonyl (C=O) groups is 1. The van der Waals surface area contributed by atoms with E-state index >= 15 is 0 Å². The van der Waals surface area contributed by atoms with E-state index in [1.54, 1.807) is 17.9 Å². The number of halogens is 2. The summed E-state index contributed by atoms with van der Waals surface area (Å²) in [5, 5.41) is 0. The van der Waals surface area contributed by atoms with Gasteiger partial charge in [0.05, 0.1) is 4.90 Å². The summed E-state index contributed by atoms with van der Waals surface area (Å²) in [5.74, 6) is -0.678. The maximum atomic E-state index is 13.0. The monoisotopic (exact) mass is 427 g/mol. The lowest BCUT2D eigenvalue weighted by molar-refractivity contribution is 0.0708. The molecule has 1 atom stereocenters. The van der Waals surface area contributed by atoms with Gasteiger partial charge in [0.15, 0.2) is 0 Å². The molecular formula is C19H23ClFN3O3S. The highest BCUT2D eigenvalue weighted by atomic mass is 35.5. The first-order chi connectivity index (χ1) is 12.8. The molecule has 0 bridgehead atoms. The van der Waals surface area contributed by atoms with Crippen molar-refractivity contribution in [1.82, 2.24) is 4.90 Å². The Labute approximate surface area is 170 Å². The Kier molecular flexibility index (Phi) is 7.03. The van der Waals surface area contributed by atoms with Crippen LogP contribution in [-0.4, -0.2) is 38.4 Å². The Morgan fingerprint density at radius 2 is 1.89 bits per heavy atom. The van der Waals surface area contributed by atoms with Crippen LogP contribution in [0.5, 0.6) is 0 Å². The molecule has 3 rings (SSSR count). The van der Waals surface area contributed by atoms with Crippen LogP contribution < -0.4 is 10.5 Å². The first kappa shape index (κ1) is 22.1. The number of benzene rings is 2. The van der Waals surface area contributed by atoms with Crippen molar-refractivity contribution in [1.29, 1.82) is 0 Å². The number of hydrogen-bond acceptors (Lipinski definition) is 4. The first-order valence-corrected chi connectivity index (χ1v) is 10.2. The van der Waals surface area contributed by atoms with E-state index < -0.39 is 15.8 Å². The normalized spacial score (nSPS) is 17.0. The van der Waals surface area contributed by atoms with Crippen molar-refractivity contribution >= 4 is 34.0 Å². The zero-order valence-corrected chi connectivity index (χ0v) is 17.0. The summed E-state index contributed by atoms with van der Waals surface area (Å²) >= 11 is 0. The van der Waals surface area contributed by atoms with Crippen LogP contribution in [0.15, 0.2) is 47.4 Å². The van der Waals surface area contributed by atoms with Gasteiger partial charge in [-0.2, -0.15) is 0 Å². The number of nitrogens with two attached hydrogens (primary N) is 1. The van der Waals surface area contributed by atoms with Crippen LogP contribution in [0, 0.1) is 12.7 Å². The molecule has 3 N–H and O–H groups in total. The number of hydrogen-bond donors (Lipinski definition) is 2. The molecule has 1 aliphatic heterocycles. The Morgan fingerprint density at radius 3 is 2.54 bits per heavy atom. The lowest BCUT2D eigenvalue weighted by Gasteiger charge is -2.31. The third kappa shape index (κ3) is 5.01. The van der Waals surface area contributed by atoms with E-state index in [0.717, 1.165) is 12.8 Å². The molecule has 6 nitrogen and oxygen atoms in total. The number of piperidine rings is 1. The molecule has 0 aromatic heterocycles. The van der Waals surface area contributed by atoms with Crippen LogP contribution in [0.3, 0.4) is 0 Å². The quantitative estimate of drug-likeness (QED) is 0.784. The zero-order chi connectivity index (χ0) is 19.6. The standard InChI is InChI=1S/C19H22FN3O3S.ClH/c1-13-4-9-17(27(25,26)22-16-7-5-14(20)6-8-16)11-18(13)19(24)23-10-2-3-15(21)12-23;/h4-9,11,15,22H,2-3,10,12,21H2,1H3;1H. The highest BCUT2D eigenvalue weighted by Gasteiger charge is 2.25. The number of nitrogens with zero attached hydrogens (tertiary/aromatic N) is 1. The van der Waals surface area contributed by atoms with Gasteiger partial charge in [-0.15, -0.1) is 12.4 Å². The second-order valence-electron chi connectivity index (χ2n) is 6.74. The van der Waals surface area contributed by atoms with E-state index in [9.17, 15) is 17.6 Å². The number of amides is 1. The Morgan fingerprint density at radius 1 is 1.21 bits per heavy atom. The second kappa shape index (κ2) is 8.89. The van der Waals surface area contributed by atoms with Crippen molar-refractivity contribution in [3.05, 3.63) is 59.4 Å². The molecule has 2 aromatic rings. The number of aryl methyl sites for hydroxylation is 1. The smallest absolute Gasteiger partial charge is 0.261 e. The molecule has 0 aliphatic carbocycles. The Bertz CT molecular complexity index is 951. The van der Waals surface area contributed by atoms with Crippen LogP contribution in [0.1, 0.15) is 28.8 Å². The molecule has 1 amide bonds. The summed E-state index contributed by atoms with van der Waals surface area (Å²) in [4.78, 5) is 14.5. The van der Waals surface area contributed by atoms with Crippen LogP contribution in [0.4, 0.5) is 10.1 Å². The molecular weight excluding hydrogens is 405 g/mol. The second-order valence-corrected chi connectivity index (χ2v) is 8.42. The third-order valence-electron chi connectivity index (χ3n) is 4.59. The number of rotatable bonds is 4. The van der Waals surface area contributed by atoms with Gasteiger partial charge in [0, 0.05) is 30.4 Å². The summed E-state index contributed by atoms with van der Waals surface area (Å²) in [5.41, 5.74) is 7.22. The number of anilines is 1. The summed E-state index contributed by atoms with van der Waals surface area (Å²) in [7, 11) is -3.91. The average molecular weight is 428 g/mol. The van der Waals surface area contributed by atoms with Crippen LogP contribution in [0.2, 0.25) is 0 Å². The van der Waals surface area contributed by atoms with Crippen LogP contribution in [-0.2, 0) is 10.0 Å². The SMILES string of the molecule is Cc1ccc(S(=O)(=O)Nc2ccc(F)cc2)cc1C(=O)N1CCCC(N)C1.Cl. The average Bonchev–Trinajstić information content (AvgIpc) is 2.63. The van der Waals surface area contributed by atoms with E-state index in [-0.39, 0.29) is 34.9 Å². The zero-order valence-electron chi connectivity index (χ0n) is 15.4. The fourth-order valence-electron chi connectivity index (χ4n) is 3.10. The van der Waals surface area contributed by atoms with E-state index in [0.29, 0.717) is 24.2 Å². The van der Waals surface area contributed by atoms with Gasteiger partial charge in [-0.25, -0.2) is 12.8 Å². The number of nitrogens with one attached hydrogen (secondary N) is 1. The molecule has 1 heterocycles. The summed E-state index contributed by atoms with van der Waals surface area (Å²) in [6.07, 6.45) is 1.70. The number of sulfonamides is 1. The molecule has 0 radical (unpaired) electrons. The molecule has 9 heteroatoms. The molecule has 152 valence electrons. The molecule has 2 aromatic carbocycles. The topological polar surface area (TPSA) is 92.5 Å². The molecule has 0 saturated carbocycles. The molecule has 28 heavy (non-hydrogen) atoms. The van der Waals surface area contributed by atoms with E-state index in [1.807, 2.05) is 0 Å². The maximum Gasteiger partial charge on any atom is 0.261 e. The van der Waals surface area contributed by atoms with Gasteiger partial charge < -0.3 is 10.6 Å². The number of likely N-dealkylation sites (tertiary alicyclic amines) is 1. The highest BCUT2D eigenvalue weighted by molar-refractivity contribution is 7.92. The largest absolute Gasteiger partial charge is 0.337 e. The van der Waals surface area contributed by atoms with E-state index in [2.05, 4.69) is 4.72 Å². The molecule has 1 saturated heterocycles. The van der Waals surface area contributed by atoms with Gasteiger partial charge in [-0.3, -0.25) is 9.52 Å². The fourth-order valence-corrected chi connectivity index (χ4v) is 4.18. The molecule has 1 aliphatic rings. The van der Waals surface area contributed by atoms with Gasteiger partial charge in [0.1, 0.15) is 5.82 Å². The summed E-state index contributed by atoms with van der Waals surface area (Å²) < 4.78 is 40.7. The van der Waals surface area contributed by atoms with Crippen LogP contribution in [0.25, 0.3) is 0 Å². The fraction of sp³-hybridized carbons (Fsp3) is 0.316. The van der Waals surface area contributed by atoms with Crippen molar-refractivity contribution < 1.29 is 17.6 Å². The van der Waals surface area contributed by atoms with Crippen molar-refractivity contribution in [2.24, 2.45) is 5.73 Å². The van der Waals surface area contributed by atoms with Gasteiger partial charge >= 0.3 is 0 Å². The maximum absolute atomic E-state index is 13.0. The van der Waals surface area contributed by atoms with Gasteiger partial charge in [0.2, 0.25) is 0 Å². The highest BCUT2D eigenvalue weighted by Crippen LogP contribution is 2.22. The number of carbonyl (C=O) groups excluding carboxylic acids is 1. The molecule has 0 spiro atoms. The van der Waals surface area contributed by atoms with Crippen molar-refractivity contribution in [2.45, 2.75) is 30.7 Å². The van der Waals surface area contributed by atoms with Crippen molar-refractivity contribution in [3.63, 3.8) is 0 Å². The minimum absolute atomic E-state index is 0. The molecule has 1 unspecified atom stereocenters. The minimum atomic E-state index is -3.91. The lowest BCUT2D eigenvalue weighted by atomic mass is 10.0. The minimum Gasteiger partial charge on any atom is -0.337 e. The summed E-state index contributed by atoms with van der Waals surface area (Å²) in [6.45, 7) is 2.83. The first-order valence-electron chi connectivity index (χ1n) is 8.70. The predicted molar refractivity (Wildman–Crippen MR) is 109 cm³/mol. The van der Waals surface area contributed by atoms with Gasteiger partial charge in [-0.1, -0.05) is 6.07 Å². The summed E-state index contributed by atoms with van der Waals surface area (Å²) in [6, 6.07) is 9.38. The van der Waals surface area contributed by atoms with E-state index in [4.69, 9.17) is 5.73 Å². The Hall–Kier alpha value is -2.16. The van der Waals surface area contributed by atoms with Crippen LogP contribution >= 0.6 is 12.4 Å².